The summed E-state index contributed by atoms with van der Waals surface area (Å²) in [6, 6.07) is -14.7. The highest BCUT2D eigenvalue weighted by molar-refractivity contribution is 7.85. The van der Waals surface area contributed by atoms with E-state index >= 15 is 28.8 Å². The molecular weight excluding hydrogens is 1220 g/mol. The van der Waals surface area contributed by atoms with E-state index in [4.69, 9.17) is 0 Å². The predicted octanol–water partition coefficient (Wildman–Crippen LogP) is 3.19. The Morgan fingerprint density at radius 3 is 1.48 bits per heavy atom. The first kappa shape index (κ1) is 84.1. The fourth-order valence-corrected chi connectivity index (χ4v) is 14.0. The molecule has 0 aromatic rings. The lowest BCUT2D eigenvalue weighted by Crippen LogP contribution is -2.64. The lowest BCUT2D eigenvalue weighted by atomic mass is 9.91. The van der Waals surface area contributed by atoms with Crippen molar-refractivity contribution in [3.8, 4) is 0 Å². The van der Waals surface area contributed by atoms with Crippen molar-refractivity contribution in [2.45, 2.75) is 242 Å². The Balaban J connectivity index is 3.13. The van der Waals surface area contributed by atoms with Crippen LogP contribution in [-0.4, -0.2) is 277 Å². The maximum absolute atomic E-state index is 15.4. The largest absolute Gasteiger partial charge is 0.390 e. The van der Waals surface area contributed by atoms with Crippen LogP contribution in [0.5, 0.6) is 0 Å². The highest BCUT2D eigenvalue weighted by atomic mass is 32.2. The van der Waals surface area contributed by atoms with Gasteiger partial charge in [-0.1, -0.05) is 109 Å². The van der Waals surface area contributed by atoms with E-state index in [0.29, 0.717) is 19.6 Å². The number of amides is 11. The van der Waals surface area contributed by atoms with Gasteiger partial charge >= 0.3 is 0 Å². The molecule has 2 saturated heterocycles. The molecule has 26 heteroatoms. The number of allylic oxidation sites excluding steroid dienone is 2. The molecule has 0 radical (unpaired) electrons. The van der Waals surface area contributed by atoms with E-state index < -0.39 is 172 Å². The third-order valence-electron chi connectivity index (χ3n) is 18.9. The summed E-state index contributed by atoms with van der Waals surface area (Å²) in [4.78, 5) is 176. The van der Waals surface area contributed by atoms with Crippen molar-refractivity contribution in [1.29, 1.82) is 0 Å². The Bertz CT molecular complexity index is 2650. The maximum atomic E-state index is 15.4. The molecule has 0 aromatic carbocycles. The zero-order valence-corrected chi connectivity index (χ0v) is 62.5. The summed E-state index contributed by atoms with van der Waals surface area (Å²) in [7, 11) is 8.15. The third-order valence-corrected chi connectivity index (χ3v) is 20.2. The molecule has 94 heavy (non-hydrogen) atoms. The fourth-order valence-electron chi connectivity index (χ4n) is 12.7. The lowest BCUT2D eigenvalue weighted by molar-refractivity contribution is -0.157. The quantitative estimate of drug-likeness (QED) is 0.127. The summed E-state index contributed by atoms with van der Waals surface area (Å²) < 4.78 is 14.3. The predicted molar refractivity (Wildman–Crippen MR) is 366 cm³/mol. The molecule has 2 unspecified atom stereocenters. The van der Waals surface area contributed by atoms with E-state index in [1.807, 2.05) is 55.4 Å². The molecule has 0 spiro atoms. The number of hydrogen-bond acceptors (Lipinski definition) is 14. The van der Waals surface area contributed by atoms with Gasteiger partial charge in [0, 0.05) is 78.5 Å². The number of carbonyl (C=O) groups is 11. The van der Waals surface area contributed by atoms with Gasteiger partial charge in [0.25, 0.3) is 0 Å². The van der Waals surface area contributed by atoms with E-state index in [-0.39, 0.29) is 67.8 Å². The molecule has 2 rings (SSSR count). The normalized spacial score (nSPS) is 28.0. The second kappa shape index (κ2) is 38.1. The van der Waals surface area contributed by atoms with E-state index in [0.717, 1.165) is 9.80 Å². The highest BCUT2D eigenvalue weighted by Crippen LogP contribution is 2.29. The molecule has 2 fully saturated rings. The number of nitrogens with zero attached hydrogens (tertiary/aromatic N) is 9. The minimum Gasteiger partial charge on any atom is -0.390 e. The maximum Gasteiger partial charge on any atom is 0.246 e. The van der Waals surface area contributed by atoms with Crippen LogP contribution in [0, 0.1) is 35.5 Å². The van der Waals surface area contributed by atoms with Crippen LogP contribution in [0.15, 0.2) is 12.2 Å². The summed E-state index contributed by atoms with van der Waals surface area (Å²) in [6.45, 7) is 33.6. The molecule has 4 N–H and O–H groups in total. The Hall–Kier alpha value is -6.02. The van der Waals surface area contributed by atoms with Crippen LogP contribution in [0.25, 0.3) is 0 Å². The third kappa shape index (κ3) is 21.7. The van der Waals surface area contributed by atoms with Crippen LogP contribution < -0.4 is 16.0 Å². The van der Waals surface area contributed by atoms with Gasteiger partial charge in [-0.05, 0) is 115 Å². The summed E-state index contributed by atoms with van der Waals surface area (Å²) in [6.07, 6.45) is 2.71. The molecule has 2 aliphatic rings. The van der Waals surface area contributed by atoms with Crippen LogP contribution in [0.3, 0.4) is 0 Å². The average Bonchev–Trinajstić information content (AvgIpc) is 1.45. The van der Waals surface area contributed by atoms with E-state index in [9.17, 15) is 33.3 Å². The molecule has 2 bridgehead atoms. The SMILES string of the molecule is C/C=C/C[C@@H](C)[C@@H](O)[C@H]1C(=O)N[C@@H](CC)C(=O)N(C)[C@H](CS(=O)CCN(CC)CC)C(=O)N(C)[C@@H](CC(C)C)C(=O)N[C@@H](C(C)C)C(=O)N(C)[C@H]2CC(C)N(C2=O)[C@@H](C)C(=O)N[C@H](C)C(=O)N(C)[C@@H](CC(C)C)C(=O)N(C)[C@@H](CC(C)C)C(=O)N(C)[C@@H](C(C)C)C(=O)N1C. The van der Waals surface area contributed by atoms with E-state index in [1.165, 1.54) is 92.6 Å². The van der Waals surface area contributed by atoms with Crippen molar-refractivity contribution < 1.29 is 62.1 Å². The second-order valence-corrected chi connectivity index (χ2v) is 29.9. The van der Waals surface area contributed by atoms with Crippen LogP contribution >= 0.6 is 0 Å². The summed E-state index contributed by atoms with van der Waals surface area (Å²) in [5, 5.41) is 20.7. The van der Waals surface area contributed by atoms with Crippen LogP contribution in [0.2, 0.25) is 0 Å². The number of rotatable bonds is 20. The number of aliphatic hydroxyl groups is 1. The van der Waals surface area contributed by atoms with E-state index in [2.05, 4.69) is 20.9 Å². The topological polar surface area (TPSA) is 290 Å². The molecule has 0 aromatic heterocycles. The van der Waals surface area contributed by atoms with Gasteiger partial charge < -0.3 is 65.2 Å². The van der Waals surface area contributed by atoms with Crippen LogP contribution in [-0.2, 0) is 63.5 Å². The zero-order chi connectivity index (χ0) is 72.4. The van der Waals surface area contributed by atoms with Crippen LogP contribution in [0.4, 0.5) is 0 Å². The number of aliphatic hydroxyl groups excluding tert-OH is 1. The fraction of sp³-hybridized carbons (Fsp3) is 0.809. The monoisotopic (exact) mass is 1350 g/mol. The van der Waals surface area contributed by atoms with Crippen molar-refractivity contribution in [3.63, 3.8) is 0 Å². The van der Waals surface area contributed by atoms with Gasteiger partial charge in [-0.3, -0.25) is 56.9 Å². The minimum atomic E-state index is -1.74. The number of likely N-dealkylation sites (N-methyl/N-ethyl adjacent to an activating group) is 7. The van der Waals surface area contributed by atoms with E-state index in [1.54, 1.807) is 67.5 Å². The number of hydrogen-bond donors (Lipinski definition) is 4. The molecular formula is C68H122N12O13S. The van der Waals surface area contributed by atoms with Gasteiger partial charge in [0.1, 0.15) is 66.5 Å². The first-order valence-corrected chi connectivity index (χ1v) is 35.6. The molecule has 0 aliphatic carbocycles. The van der Waals surface area contributed by atoms with Crippen molar-refractivity contribution >= 4 is 75.8 Å². The Kier molecular flexibility index (Phi) is 34.0. The molecule has 15 atom stereocenters. The second-order valence-electron chi connectivity index (χ2n) is 28.3. The highest BCUT2D eigenvalue weighted by Gasteiger charge is 2.49. The molecule has 538 valence electrons. The Morgan fingerprint density at radius 1 is 0.532 bits per heavy atom. The Morgan fingerprint density at radius 2 is 1.00 bits per heavy atom. The molecule has 2 heterocycles. The Labute approximate surface area is 565 Å². The van der Waals surface area contributed by atoms with Crippen molar-refractivity contribution in [1.82, 2.24) is 60.0 Å². The van der Waals surface area contributed by atoms with Gasteiger partial charge in [-0.2, -0.15) is 0 Å². The summed E-state index contributed by atoms with van der Waals surface area (Å²) in [5.74, 6) is -10.2. The first-order chi connectivity index (χ1) is 43.6. The minimum absolute atomic E-state index is 0.0590. The molecule has 11 amide bonds. The van der Waals surface area contributed by atoms with Gasteiger partial charge in [0.05, 0.1) is 11.9 Å². The van der Waals surface area contributed by atoms with Gasteiger partial charge in [-0.25, -0.2) is 0 Å². The summed E-state index contributed by atoms with van der Waals surface area (Å²) in [5.41, 5.74) is 0. The van der Waals surface area contributed by atoms with Gasteiger partial charge in [0.15, 0.2) is 0 Å². The standard InChI is InChI=1S/C68H122N12O13S/c1-26-30-31-44(15)57(81)56-60(84)70-48(27-2)62(86)76(23)53(38-94(93)33-32-79(28-3)29-4)65(89)72(19)49(34-39(5)6)59(83)71-54(42(11)12)67(91)75(22)52-37-45(16)80(66(52)90)47(18)58(82)69-46(17)61(85)73(20)50(35-40(7)8)63(87)74(21)51(36-41(9)10)64(88)77(24)55(43(13)14)68(92)78(56)25/h26,30,39-57,81H,27-29,31-38H2,1-25H3,(H,69,82)(H,70,84)(H,71,83)/b30-26+/t44-,45?,46-,47+,48+,49+,50+,51+,52+,53-,54+,55+,56+,57-,94?/m1/s1. The van der Waals surface area contributed by atoms with Crippen molar-refractivity contribution in [3.05, 3.63) is 12.2 Å². The molecule has 25 nitrogen and oxygen atoms in total. The van der Waals surface area contributed by atoms with Crippen molar-refractivity contribution in [2.24, 2.45) is 35.5 Å². The lowest BCUT2D eigenvalue weighted by Gasteiger charge is -2.41. The smallest absolute Gasteiger partial charge is 0.246 e. The zero-order valence-electron chi connectivity index (χ0n) is 61.7. The van der Waals surface area contributed by atoms with Crippen molar-refractivity contribution in [2.75, 3.05) is 80.5 Å². The number of carbonyl (C=O) groups excluding carboxylic acids is 11. The first-order valence-electron chi connectivity index (χ1n) is 34.1. The average molecular weight is 1350 g/mol. The molecule has 2 aliphatic heterocycles. The molecule has 0 saturated carbocycles. The number of fused-ring (bicyclic) bond motifs is 2. The summed E-state index contributed by atoms with van der Waals surface area (Å²) >= 11 is 0. The van der Waals surface area contributed by atoms with Crippen LogP contribution in [0.1, 0.15) is 163 Å². The van der Waals surface area contributed by atoms with Gasteiger partial charge in [0.2, 0.25) is 65.0 Å². The van der Waals surface area contributed by atoms with Gasteiger partial charge in [-0.15, -0.1) is 0 Å². The number of nitrogens with one attached hydrogen (secondary N) is 3.